The second-order valence-electron chi connectivity index (χ2n) is 7.61. The van der Waals surface area contributed by atoms with Crippen LogP contribution in [0.5, 0.6) is 5.75 Å². The molecule has 6 nitrogen and oxygen atoms in total. The molecule has 0 unspecified atom stereocenters. The van der Waals surface area contributed by atoms with Gasteiger partial charge in [-0.15, -0.1) is 0 Å². The summed E-state index contributed by atoms with van der Waals surface area (Å²) in [5, 5.41) is 5.09. The molecular weight excluding hydrogens is 573 g/mol. The topological polar surface area (TPSA) is 73.5 Å². The molecule has 0 aliphatic heterocycles. The van der Waals surface area contributed by atoms with Gasteiger partial charge >= 0.3 is 5.97 Å². The van der Waals surface area contributed by atoms with Crippen molar-refractivity contribution in [3.8, 4) is 5.75 Å². The average Bonchev–Trinajstić information content (AvgIpc) is 2.75. The lowest BCUT2D eigenvalue weighted by atomic mass is 9.88. The number of nitrogens with zero attached hydrogens (tertiary/aromatic N) is 3. The van der Waals surface area contributed by atoms with Gasteiger partial charge in [0.25, 0.3) is 5.56 Å². The number of halogens is 2. The predicted octanol–water partition coefficient (Wildman–Crippen LogP) is 5.62. The Kier molecular flexibility index (Phi) is 6.86. The van der Waals surface area contributed by atoms with Crippen LogP contribution in [0.1, 0.15) is 56.3 Å². The third-order valence-corrected chi connectivity index (χ3v) is 6.67. The van der Waals surface area contributed by atoms with Crippen molar-refractivity contribution in [2.75, 3.05) is 0 Å². The molecule has 1 aliphatic rings. The molecule has 2 aromatic carbocycles. The highest BCUT2D eigenvalue weighted by Crippen LogP contribution is 2.32. The lowest BCUT2D eigenvalue weighted by molar-refractivity contribution is -0.131. The summed E-state index contributed by atoms with van der Waals surface area (Å²) < 4.78 is 8.25. The monoisotopic (exact) mass is 593 g/mol. The molecule has 0 saturated heterocycles. The van der Waals surface area contributed by atoms with Crippen molar-refractivity contribution < 1.29 is 9.53 Å². The third-order valence-electron chi connectivity index (χ3n) is 5.34. The Labute approximate surface area is 202 Å². The number of benzene rings is 2. The van der Waals surface area contributed by atoms with Gasteiger partial charge in [0.1, 0.15) is 11.6 Å². The molecule has 1 heterocycles. The van der Waals surface area contributed by atoms with Crippen LogP contribution in [-0.4, -0.2) is 21.8 Å². The molecule has 0 amide bonds. The van der Waals surface area contributed by atoms with Gasteiger partial charge in [-0.1, -0.05) is 35.2 Å². The van der Waals surface area contributed by atoms with Crippen LogP contribution in [0, 0.1) is 3.57 Å². The largest absolute Gasteiger partial charge is 0.426 e. The summed E-state index contributed by atoms with van der Waals surface area (Å²) in [7, 11) is 0. The first-order valence-electron chi connectivity index (χ1n) is 10.2. The van der Waals surface area contributed by atoms with Gasteiger partial charge in [-0.3, -0.25) is 9.59 Å². The molecule has 3 aromatic rings. The summed E-state index contributed by atoms with van der Waals surface area (Å²) in [5.41, 5.74) is 1.32. The Hall–Kier alpha value is -2.07. The SMILES string of the molecule is CC(=O)Oc1ccc(C=Nn2c(C3CCCCC3)nc3ccc(Br)cc3c2=O)cc1I. The van der Waals surface area contributed by atoms with Gasteiger partial charge in [-0.2, -0.15) is 9.78 Å². The van der Waals surface area contributed by atoms with Gasteiger partial charge in [0, 0.05) is 17.3 Å². The summed E-state index contributed by atoms with van der Waals surface area (Å²) in [5.74, 6) is 1.08. The van der Waals surface area contributed by atoms with Crippen molar-refractivity contribution in [1.82, 2.24) is 9.66 Å². The van der Waals surface area contributed by atoms with Crippen molar-refractivity contribution in [3.63, 3.8) is 0 Å². The van der Waals surface area contributed by atoms with Gasteiger partial charge in [-0.05, 0) is 77.4 Å². The van der Waals surface area contributed by atoms with E-state index in [1.165, 1.54) is 18.0 Å². The minimum absolute atomic E-state index is 0.172. The lowest BCUT2D eigenvalue weighted by Gasteiger charge is -2.22. The number of fused-ring (bicyclic) bond motifs is 1. The Morgan fingerprint density at radius 1 is 1.23 bits per heavy atom. The number of carbonyl (C=O) groups is 1. The highest BCUT2D eigenvalue weighted by atomic mass is 127. The van der Waals surface area contributed by atoms with E-state index in [-0.39, 0.29) is 17.4 Å². The van der Waals surface area contributed by atoms with Crippen LogP contribution in [0.15, 0.2) is 50.8 Å². The van der Waals surface area contributed by atoms with Gasteiger partial charge in [0.15, 0.2) is 0 Å². The van der Waals surface area contributed by atoms with Crippen molar-refractivity contribution >= 4 is 61.6 Å². The maximum Gasteiger partial charge on any atom is 0.308 e. The highest BCUT2D eigenvalue weighted by Gasteiger charge is 2.22. The van der Waals surface area contributed by atoms with Crippen LogP contribution in [0.25, 0.3) is 10.9 Å². The van der Waals surface area contributed by atoms with E-state index in [2.05, 4.69) is 43.6 Å². The second kappa shape index (κ2) is 9.60. The van der Waals surface area contributed by atoms with E-state index in [1.807, 2.05) is 18.2 Å². The molecule has 0 atom stereocenters. The molecule has 1 aliphatic carbocycles. The zero-order valence-corrected chi connectivity index (χ0v) is 20.7. The molecule has 1 fully saturated rings. The Morgan fingerprint density at radius 2 is 2.00 bits per heavy atom. The second-order valence-corrected chi connectivity index (χ2v) is 9.69. The molecular formula is C23H21BrIN3O3. The van der Waals surface area contributed by atoms with Gasteiger partial charge in [0.2, 0.25) is 0 Å². The Balaban J connectivity index is 1.78. The van der Waals surface area contributed by atoms with E-state index >= 15 is 0 Å². The maximum atomic E-state index is 13.3. The van der Waals surface area contributed by atoms with Crippen LogP contribution in [-0.2, 0) is 4.79 Å². The smallest absolute Gasteiger partial charge is 0.308 e. The molecule has 160 valence electrons. The molecule has 1 aromatic heterocycles. The number of aromatic nitrogens is 2. The Morgan fingerprint density at radius 3 is 2.71 bits per heavy atom. The van der Waals surface area contributed by atoms with Crippen molar-refractivity contribution in [3.05, 3.63) is 66.2 Å². The standard InChI is InChI=1S/C23H21BrIN3O3/c1-14(29)31-21-10-7-15(11-19(21)25)13-26-28-22(16-5-3-2-4-6-16)27-20-9-8-17(24)12-18(20)23(28)30/h7-13,16H,2-6H2,1H3. The number of esters is 1. The zero-order chi connectivity index (χ0) is 22.0. The summed E-state index contributed by atoms with van der Waals surface area (Å²) in [4.78, 5) is 29.4. The number of ether oxygens (including phenoxy) is 1. The minimum Gasteiger partial charge on any atom is -0.426 e. The van der Waals surface area contributed by atoms with Gasteiger partial charge in [0.05, 0.1) is 20.7 Å². The molecule has 0 radical (unpaired) electrons. The molecule has 4 rings (SSSR count). The Bertz CT molecular complexity index is 1230. The highest BCUT2D eigenvalue weighted by molar-refractivity contribution is 14.1. The van der Waals surface area contributed by atoms with Crippen LogP contribution in [0.3, 0.4) is 0 Å². The van der Waals surface area contributed by atoms with E-state index in [4.69, 9.17) is 9.72 Å². The first-order valence-corrected chi connectivity index (χ1v) is 12.0. The van der Waals surface area contributed by atoms with Crippen molar-refractivity contribution in [1.29, 1.82) is 0 Å². The molecule has 8 heteroatoms. The minimum atomic E-state index is -0.364. The molecule has 31 heavy (non-hydrogen) atoms. The molecule has 0 N–H and O–H groups in total. The van der Waals surface area contributed by atoms with Crippen LogP contribution in [0.2, 0.25) is 0 Å². The molecule has 1 saturated carbocycles. The fourth-order valence-corrected chi connectivity index (χ4v) is 4.87. The number of hydrogen-bond acceptors (Lipinski definition) is 5. The summed E-state index contributed by atoms with van der Waals surface area (Å²) in [6.07, 6.45) is 7.17. The zero-order valence-electron chi connectivity index (χ0n) is 17.0. The first kappa shape index (κ1) is 22.1. The maximum absolute atomic E-state index is 13.3. The van der Waals surface area contributed by atoms with E-state index in [0.717, 1.165) is 45.1 Å². The van der Waals surface area contributed by atoms with Crippen LogP contribution in [0.4, 0.5) is 0 Å². The summed E-state index contributed by atoms with van der Waals surface area (Å²) >= 11 is 5.55. The summed E-state index contributed by atoms with van der Waals surface area (Å²) in [6.45, 7) is 1.37. The number of carbonyl (C=O) groups excluding carboxylic acids is 1. The number of hydrogen-bond donors (Lipinski definition) is 0. The lowest BCUT2D eigenvalue weighted by Crippen LogP contribution is -2.25. The van der Waals surface area contributed by atoms with Gasteiger partial charge in [-0.25, -0.2) is 4.98 Å². The predicted molar refractivity (Wildman–Crippen MR) is 133 cm³/mol. The van der Waals surface area contributed by atoms with E-state index in [9.17, 15) is 9.59 Å². The van der Waals surface area contributed by atoms with Crippen molar-refractivity contribution in [2.45, 2.75) is 44.9 Å². The van der Waals surface area contributed by atoms with E-state index in [0.29, 0.717) is 16.7 Å². The van der Waals surface area contributed by atoms with Gasteiger partial charge < -0.3 is 4.74 Å². The van der Waals surface area contributed by atoms with E-state index in [1.54, 1.807) is 24.4 Å². The average molecular weight is 594 g/mol. The fourth-order valence-electron chi connectivity index (χ4n) is 3.86. The quantitative estimate of drug-likeness (QED) is 0.170. The third kappa shape index (κ3) is 5.06. The fraction of sp³-hybridized carbons (Fsp3) is 0.304. The van der Waals surface area contributed by atoms with E-state index < -0.39 is 0 Å². The van der Waals surface area contributed by atoms with Crippen LogP contribution < -0.4 is 10.3 Å². The molecule has 0 bridgehead atoms. The first-order chi connectivity index (χ1) is 14.9. The van der Waals surface area contributed by atoms with Crippen LogP contribution >= 0.6 is 38.5 Å². The normalized spacial score (nSPS) is 14.9. The summed E-state index contributed by atoms with van der Waals surface area (Å²) in [6, 6.07) is 11.0. The van der Waals surface area contributed by atoms with Crippen molar-refractivity contribution in [2.24, 2.45) is 5.10 Å². The number of rotatable bonds is 4. The molecule has 0 spiro atoms.